The summed E-state index contributed by atoms with van der Waals surface area (Å²) in [5.74, 6) is -0.332. The predicted molar refractivity (Wildman–Crippen MR) is 98.5 cm³/mol. The fourth-order valence-corrected chi connectivity index (χ4v) is 4.12. The first-order valence-corrected chi connectivity index (χ1v) is 9.79. The summed E-state index contributed by atoms with van der Waals surface area (Å²) >= 11 is 1.48. The number of fused-ring (bicyclic) bond motifs is 1. The lowest BCUT2D eigenvalue weighted by molar-refractivity contribution is -0.153. The van der Waals surface area contributed by atoms with Gasteiger partial charge in [-0.05, 0) is 50.5 Å². The Hall–Kier alpha value is -1.87. The largest absolute Gasteiger partial charge is 0.453 e. The van der Waals surface area contributed by atoms with E-state index in [-0.39, 0.29) is 11.9 Å². The Balaban J connectivity index is 2.00. The number of nitriles is 1. The first-order chi connectivity index (χ1) is 11.9. The van der Waals surface area contributed by atoms with Crippen LogP contribution >= 0.6 is 11.3 Å². The van der Waals surface area contributed by atoms with Gasteiger partial charge >= 0.3 is 5.97 Å². The van der Waals surface area contributed by atoms with Crippen molar-refractivity contribution in [3.8, 4) is 6.07 Å². The Labute approximate surface area is 153 Å². The Kier molecular flexibility index (Phi) is 7.01. The summed E-state index contributed by atoms with van der Waals surface area (Å²) in [4.78, 5) is 25.3. The summed E-state index contributed by atoms with van der Waals surface area (Å²) in [5, 5.41) is 12.9. The summed E-state index contributed by atoms with van der Waals surface area (Å²) in [6.07, 6.45) is 5.42. The third-order valence-electron chi connectivity index (χ3n) is 4.37. The smallest absolute Gasteiger partial charge is 0.306 e. The Morgan fingerprint density at radius 1 is 1.24 bits per heavy atom. The second kappa shape index (κ2) is 9.00. The van der Waals surface area contributed by atoms with E-state index in [9.17, 15) is 14.9 Å². The number of anilines is 1. The second-order valence-corrected chi connectivity index (χ2v) is 8.04. The molecule has 0 fully saturated rings. The van der Waals surface area contributed by atoms with Gasteiger partial charge in [0, 0.05) is 11.3 Å². The van der Waals surface area contributed by atoms with Crippen LogP contribution in [0.3, 0.4) is 0 Å². The van der Waals surface area contributed by atoms with Crippen LogP contribution < -0.4 is 5.32 Å². The van der Waals surface area contributed by atoms with Gasteiger partial charge in [0.2, 0.25) is 0 Å². The van der Waals surface area contributed by atoms with Crippen molar-refractivity contribution in [2.45, 2.75) is 71.8 Å². The van der Waals surface area contributed by atoms with Crippen molar-refractivity contribution in [1.82, 2.24) is 0 Å². The van der Waals surface area contributed by atoms with Gasteiger partial charge in [0.1, 0.15) is 11.1 Å². The van der Waals surface area contributed by atoms with E-state index in [0.717, 1.165) is 37.7 Å². The SMILES string of the molecule is CC(C)CCC(=O)O[C@@H](C)C(=O)Nc1sc2c(c1C#N)CCCCC2. The molecule has 1 heterocycles. The van der Waals surface area contributed by atoms with Crippen molar-refractivity contribution in [2.24, 2.45) is 5.92 Å². The molecule has 0 aliphatic heterocycles. The molecule has 2 rings (SSSR count). The highest BCUT2D eigenvalue weighted by molar-refractivity contribution is 7.16. The van der Waals surface area contributed by atoms with Crippen LogP contribution in [-0.2, 0) is 27.2 Å². The lowest BCUT2D eigenvalue weighted by Gasteiger charge is -2.13. The maximum atomic E-state index is 12.3. The van der Waals surface area contributed by atoms with E-state index in [1.165, 1.54) is 22.6 Å². The van der Waals surface area contributed by atoms with Crippen molar-refractivity contribution in [2.75, 3.05) is 5.32 Å². The molecule has 5 nitrogen and oxygen atoms in total. The number of nitrogens with zero attached hydrogens (tertiary/aromatic N) is 1. The van der Waals surface area contributed by atoms with E-state index in [1.54, 1.807) is 6.92 Å². The molecule has 1 aromatic heterocycles. The number of carbonyl (C=O) groups is 2. The molecule has 0 saturated carbocycles. The van der Waals surface area contributed by atoms with Gasteiger partial charge in [0.25, 0.3) is 5.91 Å². The van der Waals surface area contributed by atoms with Gasteiger partial charge in [-0.1, -0.05) is 20.3 Å². The lowest BCUT2D eigenvalue weighted by Crippen LogP contribution is -2.30. The number of aryl methyl sites for hydroxylation is 1. The van der Waals surface area contributed by atoms with E-state index in [0.29, 0.717) is 22.9 Å². The molecule has 25 heavy (non-hydrogen) atoms. The number of hydrogen-bond acceptors (Lipinski definition) is 5. The van der Waals surface area contributed by atoms with Crippen LogP contribution in [0, 0.1) is 17.2 Å². The summed E-state index contributed by atoms with van der Waals surface area (Å²) in [6, 6.07) is 2.24. The topological polar surface area (TPSA) is 79.2 Å². The van der Waals surface area contributed by atoms with Crippen LogP contribution in [0.15, 0.2) is 0 Å². The van der Waals surface area contributed by atoms with Gasteiger partial charge in [-0.2, -0.15) is 5.26 Å². The van der Waals surface area contributed by atoms with E-state index < -0.39 is 6.10 Å². The second-order valence-electron chi connectivity index (χ2n) is 6.93. The van der Waals surface area contributed by atoms with Gasteiger partial charge in [-0.25, -0.2) is 0 Å². The molecule has 1 N–H and O–H groups in total. The normalized spacial score (nSPS) is 15.0. The van der Waals surface area contributed by atoms with Gasteiger partial charge < -0.3 is 10.1 Å². The van der Waals surface area contributed by atoms with E-state index in [2.05, 4.69) is 11.4 Å². The van der Waals surface area contributed by atoms with E-state index in [4.69, 9.17) is 4.74 Å². The van der Waals surface area contributed by atoms with Gasteiger partial charge in [0.05, 0.1) is 5.56 Å². The minimum Gasteiger partial charge on any atom is -0.453 e. The average molecular weight is 362 g/mol. The molecule has 0 aromatic carbocycles. The molecule has 0 bridgehead atoms. The highest BCUT2D eigenvalue weighted by Crippen LogP contribution is 2.37. The fourth-order valence-electron chi connectivity index (χ4n) is 2.88. The zero-order chi connectivity index (χ0) is 18.4. The summed E-state index contributed by atoms with van der Waals surface area (Å²) in [7, 11) is 0. The standard InChI is InChI=1S/C19H26N2O3S/c1-12(2)9-10-17(22)24-13(3)18(23)21-19-15(11-20)14-7-5-4-6-8-16(14)25-19/h12-13H,4-10H2,1-3H3,(H,21,23)/t13-/m0/s1. The van der Waals surface area contributed by atoms with Gasteiger partial charge in [-0.15, -0.1) is 11.3 Å². The zero-order valence-electron chi connectivity index (χ0n) is 15.2. The number of rotatable bonds is 6. The van der Waals surface area contributed by atoms with E-state index >= 15 is 0 Å². The van der Waals surface area contributed by atoms with Crippen LogP contribution in [0.2, 0.25) is 0 Å². The minimum atomic E-state index is -0.867. The zero-order valence-corrected chi connectivity index (χ0v) is 16.0. The number of ether oxygens (including phenoxy) is 1. The van der Waals surface area contributed by atoms with Crippen molar-refractivity contribution >= 4 is 28.2 Å². The monoisotopic (exact) mass is 362 g/mol. The maximum absolute atomic E-state index is 12.3. The first kappa shape index (κ1) is 19.5. The molecule has 1 aromatic rings. The predicted octanol–water partition coefficient (Wildman–Crippen LogP) is 4.20. The highest BCUT2D eigenvalue weighted by atomic mass is 32.1. The molecule has 1 amide bonds. The first-order valence-electron chi connectivity index (χ1n) is 8.97. The molecule has 1 aliphatic carbocycles. The van der Waals surface area contributed by atoms with Crippen LogP contribution in [0.25, 0.3) is 0 Å². The molecule has 1 atom stereocenters. The number of thiophene rings is 1. The van der Waals surface area contributed by atoms with Crippen LogP contribution in [0.4, 0.5) is 5.00 Å². The Morgan fingerprint density at radius 3 is 2.64 bits per heavy atom. The van der Waals surface area contributed by atoms with Crippen LogP contribution in [0.1, 0.15) is 68.9 Å². The van der Waals surface area contributed by atoms with Crippen molar-refractivity contribution in [1.29, 1.82) is 5.26 Å². The van der Waals surface area contributed by atoms with Gasteiger partial charge in [-0.3, -0.25) is 9.59 Å². The maximum Gasteiger partial charge on any atom is 0.306 e. The summed E-state index contributed by atoms with van der Waals surface area (Å²) < 4.78 is 5.20. The van der Waals surface area contributed by atoms with Crippen LogP contribution in [-0.4, -0.2) is 18.0 Å². The van der Waals surface area contributed by atoms with Gasteiger partial charge in [0.15, 0.2) is 6.10 Å². The summed E-state index contributed by atoms with van der Waals surface area (Å²) in [6.45, 7) is 5.63. The average Bonchev–Trinajstić information content (AvgIpc) is 2.72. The van der Waals surface area contributed by atoms with E-state index in [1.807, 2.05) is 13.8 Å². The number of amides is 1. The highest BCUT2D eigenvalue weighted by Gasteiger charge is 2.24. The Bertz CT molecular complexity index is 673. The lowest BCUT2D eigenvalue weighted by atomic mass is 10.1. The third-order valence-corrected chi connectivity index (χ3v) is 5.58. The summed E-state index contributed by atoms with van der Waals surface area (Å²) in [5.41, 5.74) is 1.66. The molecule has 6 heteroatoms. The molecule has 1 aliphatic rings. The fraction of sp³-hybridized carbons (Fsp3) is 0.632. The molecule has 136 valence electrons. The molecule has 0 spiro atoms. The Morgan fingerprint density at radius 2 is 1.96 bits per heavy atom. The molecule has 0 unspecified atom stereocenters. The number of esters is 1. The number of nitrogens with one attached hydrogen (secondary N) is 1. The van der Waals surface area contributed by atoms with Crippen LogP contribution in [0.5, 0.6) is 0 Å². The third kappa shape index (κ3) is 5.30. The quantitative estimate of drug-likeness (QED) is 0.608. The molecule has 0 radical (unpaired) electrons. The van der Waals surface area contributed by atoms with Crippen molar-refractivity contribution in [3.05, 3.63) is 16.0 Å². The van der Waals surface area contributed by atoms with Crippen molar-refractivity contribution in [3.63, 3.8) is 0 Å². The molecular formula is C19H26N2O3S. The molecule has 0 saturated heterocycles. The van der Waals surface area contributed by atoms with Crippen molar-refractivity contribution < 1.29 is 14.3 Å². The minimum absolute atomic E-state index is 0.312. The number of carbonyl (C=O) groups excluding carboxylic acids is 2. The number of hydrogen-bond donors (Lipinski definition) is 1. The molecular weight excluding hydrogens is 336 g/mol.